The normalized spacial score (nSPS) is 14.1. The number of rotatable bonds is 5. The molecular formula is C25H24BrFN4OS. The second-order valence-electron chi connectivity index (χ2n) is 7.82. The Kier molecular flexibility index (Phi) is 7.69. The number of carbonyl (C=O) groups excluding carboxylic acids is 1. The Hall–Kier alpha value is -2.81. The van der Waals surface area contributed by atoms with E-state index in [0.717, 1.165) is 47.6 Å². The zero-order valence-electron chi connectivity index (χ0n) is 17.9. The van der Waals surface area contributed by atoms with Gasteiger partial charge in [0.05, 0.1) is 0 Å². The number of nitrogens with one attached hydrogen (secondary N) is 2. The van der Waals surface area contributed by atoms with Gasteiger partial charge < -0.3 is 10.2 Å². The number of piperazine rings is 1. The number of amides is 1. The molecule has 1 aliphatic heterocycles. The van der Waals surface area contributed by atoms with Crippen molar-refractivity contribution in [2.24, 2.45) is 0 Å². The Morgan fingerprint density at radius 3 is 2.39 bits per heavy atom. The van der Waals surface area contributed by atoms with E-state index in [4.69, 9.17) is 12.2 Å². The van der Waals surface area contributed by atoms with Gasteiger partial charge in [0, 0.05) is 59.7 Å². The number of anilines is 2. The summed E-state index contributed by atoms with van der Waals surface area (Å²) in [4.78, 5) is 16.9. The summed E-state index contributed by atoms with van der Waals surface area (Å²) in [6, 6.07) is 22.0. The van der Waals surface area contributed by atoms with Crippen LogP contribution in [-0.2, 0) is 6.54 Å². The summed E-state index contributed by atoms with van der Waals surface area (Å²) in [7, 11) is 0. The number of thiocarbonyl (C=S) groups is 1. The van der Waals surface area contributed by atoms with Crippen LogP contribution in [0.5, 0.6) is 0 Å². The van der Waals surface area contributed by atoms with Crippen LogP contribution in [0.1, 0.15) is 15.9 Å². The van der Waals surface area contributed by atoms with Gasteiger partial charge in [0.2, 0.25) is 0 Å². The molecule has 0 atom stereocenters. The highest BCUT2D eigenvalue weighted by Gasteiger charge is 2.18. The van der Waals surface area contributed by atoms with Gasteiger partial charge >= 0.3 is 0 Å². The summed E-state index contributed by atoms with van der Waals surface area (Å²) < 4.78 is 14.7. The zero-order chi connectivity index (χ0) is 23.2. The van der Waals surface area contributed by atoms with Gasteiger partial charge in [-0.25, -0.2) is 4.39 Å². The second-order valence-corrected chi connectivity index (χ2v) is 9.14. The van der Waals surface area contributed by atoms with Crippen molar-refractivity contribution in [3.05, 3.63) is 94.2 Å². The predicted molar refractivity (Wildman–Crippen MR) is 138 cm³/mol. The van der Waals surface area contributed by atoms with E-state index in [9.17, 15) is 9.18 Å². The first-order valence-electron chi connectivity index (χ1n) is 10.7. The molecule has 0 spiro atoms. The lowest BCUT2D eigenvalue weighted by molar-refractivity contribution is 0.0977. The van der Waals surface area contributed by atoms with Crippen LogP contribution in [0.15, 0.2) is 77.3 Å². The molecular weight excluding hydrogens is 503 g/mol. The molecule has 1 fully saturated rings. The molecule has 33 heavy (non-hydrogen) atoms. The quantitative estimate of drug-likeness (QED) is 0.456. The van der Waals surface area contributed by atoms with E-state index in [-0.39, 0.29) is 16.8 Å². The van der Waals surface area contributed by atoms with Crippen molar-refractivity contribution < 1.29 is 9.18 Å². The van der Waals surface area contributed by atoms with Crippen molar-refractivity contribution in [1.29, 1.82) is 0 Å². The first-order chi connectivity index (χ1) is 16.0. The topological polar surface area (TPSA) is 47.6 Å². The van der Waals surface area contributed by atoms with Crippen molar-refractivity contribution in [1.82, 2.24) is 10.2 Å². The number of benzene rings is 3. The fourth-order valence-electron chi connectivity index (χ4n) is 3.75. The molecule has 3 aromatic rings. The first kappa shape index (κ1) is 23.4. The summed E-state index contributed by atoms with van der Waals surface area (Å²) in [6.45, 7) is 4.14. The second kappa shape index (κ2) is 10.9. The van der Waals surface area contributed by atoms with Crippen molar-refractivity contribution >= 4 is 50.5 Å². The fourth-order valence-corrected chi connectivity index (χ4v) is 4.36. The minimum absolute atomic E-state index is 0.145. The molecule has 0 aromatic heterocycles. The molecule has 8 heteroatoms. The molecule has 1 amide bonds. The molecule has 4 rings (SSSR count). The van der Waals surface area contributed by atoms with Gasteiger partial charge in [0.25, 0.3) is 5.91 Å². The standard InChI is InChI=1S/C25H24BrFN4OS/c26-20-6-3-5-18(16-20)24(32)29-25(33)28-21-8-10-22(11-9-21)31-14-12-30(13-15-31)17-19-4-1-2-7-23(19)27/h1-11,16H,12-15,17H2,(H2,28,29,32,33). The summed E-state index contributed by atoms with van der Waals surface area (Å²) in [5, 5.41) is 5.99. The molecule has 1 heterocycles. The van der Waals surface area contributed by atoms with E-state index in [1.54, 1.807) is 24.3 Å². The van der Waals surface area contributed by atoms with E-state index in [2.05, 4.69) is 36.4 Å². The maximum Gasteiger partial charge on any atom is 0.257 e. The number of carbonyl (C=O) groups is 1. The molecule has 0 unspecified atom stereocenters. The molecule has 3 aromatic carbocycles. The Morgan fingerprint density at radius 1 is 0.970 bits per heavy atom. The highest BCUT2D eigenvalue weighted by atomic mass is 79.9. The first-order valence-corrected chi connectivity index (χ1v) is 11.9. The van der Waals surface area contributed by atoms with Crippen LogP contribution in [0.2, 0.25) is 0 Å². The molecule has 5 nitrogen and oxygen atoms in total. The Labute approximate surface area is 206 Å². The van der Waals surface area contributed by atoms with E-state index in [1.807, 2.05) is 42.5 Å². The molecule has 0 bridgehead atoms. The highest BCUT2D eigenvalue weighted by molar-refractivity contribution is 9.10. The number of hydrogen-bond donors (Lipinski definition) is 2. The van der Waals surface area contributed by atoms with E-state index >= 15 is 0 Å². The molecule has 2 N–H and O–H groups in total. The maximum atomic E-state index is 13.9. The van der Waals surface area contributed by atoms with Crippen LogP contribution in [0.3, 0.4) is 0 Å². The van der Waals surface area contributed by atoms with Gasteiger partial charge in [-0.15, -0.1) is 0 Å². The van der Waals surface area contributed by atoms with Gasteiger partial charge in [0.15, 0.2) is 5.11 Å². The third-order valence-electron chi connectivity index (χ3n) is 5.53. The third kappa shape index (κ3) is 6.37. The third-order valence-corrected chi connectivity index (χ3v) is 6.23. The Morgan fingerprint density at radius 2 is 1.70 bits per heavy atom. The van der Waals surface area contributed by atoms with Crippen LogP contribution in [0, 0.1) is 5.82 Å². The summed E-state index contributed by atoms with van der Waals surface area (Å²) >= 11 is 8.64. The van der Waals surface area contributed by atoms with Crippen LogP contribution < -0.4 is 15.5 Å². The molecule has 0 radical (unpaired) electrons. The van der Waals surface area contributed by atoms with Gasteiger partial charge in [-0.2, -0.15) is 0 Å². The SMILES string of the molecule is O=C(NC(=S)Nc1ccc(N2CCN(Cc3ccccc3F)CC2)cc1)c1cccc(Br)c1. The number of nitrogens with zero attached hydrogens (tertiary/aromatic N) is 2. The van der Waals surface area contributed by atoms with E-state index in [0.29, 0.717) is 12.1 Å². The minimum Gasteiger partial charge on any atom is -0.369 e. The molecule has 1 saturated heterocycles. The van der Waals surface area contributed by atoms with Crippen molar-refractivity contribution in [3.8, 4) is 0 Å². The summed E-state index contributed by atoms with van der Waals surface area (Å²) in [5.41, 5.74) is 3.19. The lowest BCUT2D eigenvalue weighted by atomic mass is 10.1. The summed E-state index contributed by atoms with van der Waals surface area (Å²) in [5.74, 6) is -0.410. The van der Waals surface area contributed by atoms with Gasteiger partial charge in [-0.3, -0.25) is 15.0 Å². The van der Waals surface area contributed by atoms with Crippen LogP contribution in [0.4, 0.5) is 15.8 Å². The van der Waals surface area contributed by atoms with Gasteiger partial charge in [-0.05, 0) is 60.7 Å². The van der Waals surface area contributed by atoms with Crippen LogP contribution in [0.25, 0.3) is 0 Å². The van der Waals surface area contributed by atoms with Crippen molar-refractivity contribution in [2.75, 3.05) is 36.4 Å². The summed E-state index contributed by atoms with van der Waals surface area (Å²) in [6.07, 6.45) is 0. The molecule has 0 saturated carbocycles. The Bertz CT molecular complexity index is 1130. The van der Waals surface area contributed by atoms with Crippen molar-refractivity contribution in [3.63, 3.8) is 0 Å². The Balaban J connectivity index is 1.26. The number of hydrogen-bond acceptors (Lipinski definition) is 4. The molecule has 170 valence electrons. The van der Waals surface area contributed by atoms with E-state index < -0.39 is 0 Å². The highest BCUT2D eigenvalue weighted by Crippen LogP contribution is 2.21. The molecule has 1 aliphatic rings. The largest absolute Gasteiger partial charge is 0.369 e. The average Bonchev–Trinajstić information content (AvgIpc) is 2.81. The van der Waals surface area contributed by atoms with Gasteiger partial charge in [0.1, 0.15) is 5.82 Å². The van der Waals surface area contributed by atoms with Crippen LogP contribution in [-0.4, -0.2) is 42.1 Å². The van der Waals surface area contributed by atoms with Crippen molar-refractivity contribution in [2.45, 2.75) is 6.54 Å². The predicted octanol–water partition coefficient (Wildman–Crippen LogP) is 5.04. The minimum atomic E-state index is -0.265. The number of halogens is 2. The molecule has 0 aliphatic carbocycles. The van der Waals surface area contributed by atoms with E-state index in [1.165, 1.54) is 6.07 Å². The van der Waals surface area contributed by atoms with Crippen LogP contribution >= 0.6 is 28.1 Å². The lowest BCUT2D eigenvalue weighted by Crippen LogP contribution is -2.46. The fraction of sp³-hybridized carbons (Fsp3) is 0.200. The monoisotopic (exact) mass is 526 g/mol. The smallest absolute Gasteiger partial charge is 0.257 e. The average molecular weight is 527 g/mol. The lowest BCUT2D eigenvalue weighted by Gasteiger charge is -2.36. The maximum absolute atomic E-state index is 13.9. The zero-order valence-corrected chi connectivity index (χ0v) is 20.3. The van der Waals surface area contributed by atoms with Gasteiger partial charge in [-0.1, -0.05) is 40.2 Å².